The van der Waals surface area contributed by atoms with E-state index < -0.39 is 5.97 Å². The second kappa shape index (κ2) is 15.9. The number of carboxylic acid groups (broad SMARTS) is 1. The fourth-order valence-corrected chi connectivity index (χ4v) is 7.77. The zero-order valence-electron chi connectivity index (χ0n) is 28.7. The lowest BCUT2D eigenvalue weighted by atomic mass is 9.78. The summed E-state index contributed by atoms with van der Waals surface area (Å²) in [5.41, 5.74) is 3.18. The van der Waals surface area contributed by atoms with Gasteiger partial charge in [-0.15, -0.1) is 0 Å². The van der Waals surface area contributed by atoms with Gasteiger partial charge < -0.3 is 19.6 Å². The molecule has 3 aliphatic heterocycles. The van der Waals surface area contributed by atoms with Crippen LogP contribution >= 0.6 is 11.6 Å². The van der Waals surface area contributed by atoms with Crippen molar-refractivity contribution in [2.24, 2.45) is 5.92 Å². The molecule has 3 fully saturated rings. The van der Waals surface area contributed by atoms with Gasteiger partial charge in [0.05, 0.1) is 18.8 Å². The number of ether oxygens (including phenoxy) is 1. The lowest BCUT2D eigenvalue weighted by Crippen LogP contribution is -2.51. The Bertz CT molecular complexity index is 1600. The van der Waals surface area contributed by atoms with Crippen molar-refractivity contribution in [2.75, 3.05) is 70.3 Å². The zero-order valence-corrected chi connectivity index (χ0v) is 29.5. The van der Waals surface area contributed by atoms with Crippen molar-refractivity contribution < 1.29 is 14.6 Å². The van der Waals surface area contributed by atoms with E-state index in [4.69, 9.17) is 33.0 Å². The summed E-state index contributed by atoms with van der Waals surface area (Å²) >= 11 is 6.29. The van der Waals surface area contributed by atoms with Crippen molar-refractivity contribution in [1.82, 2.24) is 24.7 Å². The molecule has 0 amide bonds. The molecule has 6 rings (SSSR count). The van der Waals surface area contributed by atoms with Crippen molar-refractivity contribution in [3.8, 4) is 5.75 Å². The number of aromatic nitrogens is 2. The van der Waals surface area contributed by atoms with Crippen molar-refractivity contribution in [2.45, 2.75) is 57.6 Å². The molecule has 0 saturated carbocycles. The number of halogens is 1. The standard InChI is InChI=1S/C38H48ClN7O3/c1-38(2,30-22-31(39)24-33(23-30)40-3)29-4-6-35(7-5-29)49-27-32-8-13-41-37(42-32)46-20-18-44(19-21-46)25-28-9-16-45(17-10-28)34-11-14-43(15-12-34)26-36(47)48/h4-8,13,22-24,28,34H,9-12,14-21,25-27H2,1-2H3,(H,47,48). The maximum Gasteiger partial charge on any atom is 0.317 e. The molecule has 2 aromatic carbocycles. The van der Waals surface area contributed by atoms with Crippen LogP contribution < -0.4 is 9.64 Å². The Hall–Kier alpha value is -3.75. The van der Waals surface area contributed by atoms with E-state index in [1.165, 1.54) is 12.8 Å². The highest BCUT2D eigenvalue weighted by Gasteiger charge is 2.30. The van der Waals surface area contributed by atoms with E-state index in [0.29, 0.717) is 23.4 Å². The number of likely N-dealkylation sites (tertiary alicyclic amines) is 2. The number of piperidine rings is 2. The van der Waals surface area contributed by atoms with Gasteiger partial charge in [-0.2, -0.15) is 0 Å². The number of hydrogen-bond donors (Lipinski definition) is 1. The van der Waals surface area contributed by atoms with Gasteiger partial charge in [0.1, 0.15) is 12.4 Å². The third-order valence-electron chi connectivity index (χ3n) is 10.6. The van der Waals surface area contributed by atoms with E-state index in [0.717, 1.165) is 106 Å². The maximum absolute atomic E-state index is 11.0. The molecule has 49 heavy (non-hydrogen) atoms. The van der Waals surface area contributed by atoms with Crippen LogP contribution in [0.1, 0.15) is 56.4 Å². The Balaban J connectivity index is 0.934. The second-order valence-electron chi connectivity index (χ2n) is 14.3. The third-order valence-corrected chi connectivity index (χ3v) is 10.9. The fourth-order valence-electron chi connectivity index (χ4n) is 7.54. The van der Waals surface area contributed by atoms with E-state index >= 15 is 0 Å². The summed E-state index contributed by atoms with van der Waals surface area (Å²) in [5, 5.41) is 9.64. The molecule has 3 aromatic rings. The highest BCUT2D eigenvalue weighted by molar-refractivity contribution is 6.31. The number of benzene rings is 2. The average Bonchev–Trinajstić information content (AvgIpc) is 3.11. The molecule has 10 nitrogen and oxygen atoms in total. The lowest BCUT2D eigenvalue weighted by Gasteiger charge is -2.43. The maximum atomic E-state index is 11.0. The molecule has 0 bridgehead atoms. The van der Waals surface area contributed by atoms with Gasteiger partial charge in [0, 0.05) is 68.5 Å². The summed E-state index contributed by atoms with van der Waals surface area (Å²) in [6.45, 7) is 21.3. The van der Waals surface area contributed by atoms with Crippen LogP contribution in [0.15, 0.2) is 54.7 Å². The quantitative estimate of drug-likeness (QED) is 0.245. The molecule has 3 saturated heterocycles. The summed E-state index contributed by atoms with van der Waals surface area (Å²) in [6, 6.07) is 16.1. The number of carboxylic acids is 1. The minimum Gasteiger partial charge on any atom is -0.487 e. The van der Waals surface area contributed by atoms with Crippen molar-refractivity contribution in [3.63, 3.8) is 0 Å². The van der Waals surface area contributed by atoms with Crippen LogP contribution in [-0.4, -0.2) is 107 Å². The Labute approximate surface area is 295 Å². The number of hydrogen-bond acceptors (Lipinski definition) is 8. The van der Waals surface area contributed by atoms with Gasteiger partial charge in [-0.25, -0.2) is 14.8 Å². The van der Waals surface area contributed by atoms with Crippen molar-refractivity contribution in [3.05, 3.63) is 88.0 Å². The Kier molecular flexibility index (Phi) is 11.4. The Morgan fingerprint density at radius 2 is 1.65 bits per heavy atom. The summed E-state index contributed by atoms with van der Waals surface area (Å²) in [6.07, 6.45) is 6.48. The predicted octanol–water partition coefficient (Wildman–Crippen LogP) is 5.97. The molecule has 0 unspecified atom stereocenters. The number of aliphatic carboxylic acids is 1. The molecule has 4 heterocycles. The van der Waals surface area contributed by atoms with E-state index in [-0.39, 0.29) is 12.0 Å². The number of anilines is 1. The van der Waals surface area contributed by atoms with E-state index in [1.807, 2.05) is 36.5 Å². The molecular formula is C38H48ClN7O3. The molecule has 3 aliphatic rings. The largest absolute Gasteiger partial charge is 0.487 e. The second-order valence-corrected chi connectivity index (χ2v) is 14.7. The number of rotatable bonds is 11. The first-order valence-corrected chi connectivity index (χ1v) is 17.9. The first-order chi connectivity index (χ1) is 23.7. The first kappa shape index (κ1) is 35.1. The van der Waals surface area contributed by atoms with E-state index in [2.05, 4.69) is 55.4 Å². The first-order valence-electron chi connectivity index (χ1n) is 17.6. The molecule has 0 radical (unpaired) electrons. The van der Waals surface area contributed by atoms with Crippen LogP contribution in [-0.2, 0) is 16.8 Å². The highest BCUT2D eigenvalue weighted by Crippen LogP contribution is 2.36. The SMILES string of the molecule is [C-]#[N+]c1cc(Cl)cc(C(C)(C)c2ccc(OCc3ccnc(N4CCN(CC5CCN(C6CCN(CC(=O)O)CC6)CC5)CC4)n3)cc2)c1. The topological polar surface area (TPSA) is 89.6 Å². The van der Waals surface area contributed by atoms with Gasteiger partial charge in [-0.05, 0) is 86.1 Å². The number of nitrogens with zero attached hydrogens (tertiary/aromatic N) is 7. The Morgan fingerprint density at radius 1 is 0.939 bits per heavy atom. The number of carbonyl (C=O) groups is 1. The normalized spacial score (nSPS) is 19.1. The summed E-state index contributed by atoms with van der Waals surface area (Å²) in [7, 11) is 0. The van der Waals surface area contributed by atoms with E-state index in [9.17, 15) is 4.79 Å². The van der Waals surface area contributed by atoms with Gasteiger partial charge in [0.15, 0.2) is 5.69 Å². The van der Waals surface area contributed by atoms with Crippen molar-refractivity contribution >= 4 is 29.2 Å². The van der Waals surface area contributed by atoms with Crippen molar-refractivity contribution in [1.29, 1.82) is 0 Å². The Morgan fingerprint density at radius 3 is 2.33 bits per heavy atom. The monoisotopic (exact) mass is 685 g/mol. The molecule has 1 aromatic heterocycles. The van der Waals surface area contributed by atoms with Crippen LogP contribution in [0.3, 0.4) is 0 Å². The molecule has 11 heteroatoms. The van der Waals surface area contributed by atoms with Crippen LogP contribution in [0.4, 0.5) is 11.6 Å². The summed E-state index contributed by atoms with van der Waals surface area (Å²) in [5.74, 6) is 1.55. The molecular weight excluding hydrogens is 638 g/mol. The van der Waals surface area contributed by atoms with E-state index in [1.54, 1.807) is 6.07 Å². The molecule has 0 atom stereocenters. The molecule has 1 N–H and O–H groups in total. The molecule has 0 aliphatic carbocycles. The van der Waals surface area contributed by atoms with Crippen LogP contribution in [0.2, 0.25) is 5.02 Å². The van der Waals surface area contributed by atoms with Gasteiger partial charge in [-0.3, -0.25) is 14.6 Å². The summed E-state index contributed by atoms with van der Waals surface area (Å²) < 4.78 is 6.12. The van der Waals surface area contributed by atoms with Gasteiger partial charge >= 0.3 is 5.97 Å². The van der Waals surface area contributed by atoms with Gasteiger partial charge in [0.2, 0.25) is 5.95 Å². The molecule has 260 valence electrons. The number of piperazine rings is 1. The average molecular weight is 686 g/mol. The van der Waals surface area contributed by atoms with Gasteiger partial charge in [0.25, 0.3) is 0 Å². The predicted molar refractivity (Wildman–Crippen MR) is 193 cm³/mol. The third kappa shape index (κ3) is 9.08. The van der Waals surface area contributed by atoms with Gasteiger partial charge in [-0.1, -0.05) is 43.6 Å². The zero-order chi connectivity index (χ0) is 34.4. The smallest absolute Gasteiger partial charge is 0.317 e. The van der Waals surface area contributed by atoms with Crippen LogP contribution in [0.5, 0.6) is 5.75 Å². The highest BCUT2D eigenvalue weighted by atomic mass is 35.5. The fraction of sp³-hybridized carbons (Fsp3) is 0.526. The minimum atomic E-state index is -0.723. The summed E-state index contributed by atoms with van der Waals surface area (Å²) in [4.78, 5) is 33.6. The van der Waals surface area contributed by atoms with Crippen LogP contribution in [0, 0.1) is 12.5 Å². The lowest BCUT2D eigenvalue weighted by molar-refractivity contribution is -0.138. The van der Waals surface area contributed by atoms with Crippen LogP contribution in [0.25, 0.3) is 4.85 Å². The molecule has 0 spiro atoms. The minimum absolute atomic E-state index is 0.170.